The van der Waals surface area contributed by atoms with Crippen molar-refractivity contribution in [2.75, 3.05) is 0 Å². The van der Waals surface area contributed by atoms with Gasteiger partial charge in [0.25, 0.3) is 0 Å². The summed E-state index contributed by atoms with van der Waals surface area (Å²) in [6.45, 7) is 3.75. The lowest BCUT2D eigenvalue weighted by Gasteiger charge is -2.06. The van der Waals surface area contributed by atoms with Crippen molar-refractivity contribution < 1.29 is 15.0 Å². The number of carboxylic acid groups (broad SMARTS) is 1. The predicted molar refractivity (Wildman–Crippen MR) is 61.7 cm³/mol. The highest BCUT2D eigenvalue weighted by Crippen LogP contribution is 2.21. The molecule has 1 aromatic carbocycles. The van der Waals surface area contributed by atoms with Crippen LogP contribution in [0.25, 0.3) is 5.69 Å². The van der Waals surface area contributed by atoms with Crippen molar-refractivity contribution in [3.05, 3.63) is 41.2 Å². The number of aromatic nitrogens is 2. The minimum Gasteiger partial charge on any atom is -0.507 e. The van der Waals surface area contributed by atoms with Gasteiger partial charge in [-0.25, -0.2) is 9.48 Å². The number of carboxylic acids is 1. The maximum atomic E-state index is 10.9. The van der Waals surface area contributed by atoms with Crippen LogP contribution in [0.2, 0.25) is 0 Å². The van der Waals surface area contributed by atoms with E-state index in [4.69, 9.17) is 5.11 Å². The number of aromatic hydroxyl groups is 1. The molecule has 0 aliphatic rings. The quantitative estimate of drug-likeness (QED) is 0.829. The van der Waals surface area contributed by atoms with E-state index in [1.54, 1.807) is 10.7 Å². The third-order valence-electron chi connectivity index (χ3n) is 2.46. The van der Waals surface area contributed by atoms with Crippen LogP contribution in [0.5, 0.6) is 5.75 Å². The van der Waals surface area contributed by atoms with E-state index in [-0.39, 0.29) is 11.3 Å². The molecule has 0 spiro atoms. The number of phenols is 1. The Morgan fingerprint density at radius 1 is 1.29 bits per heavy atom. The fourth-order valence-electron chi connectivity index (χ4n) is 1.72. The van der Waals surface area contributed by atoms with E-state index in [0.717, 1.165) is 11.4 Å². The molecule has 2 N–H and O–H groups in total. The third kappa shape index (κ3) is 1.99. The fourth-order valence-corrected chi connectivity index (χ4v) is 1.72. The molecule has 0 amide bonds. The lowest BCUT2D eigenvalue weighted by molar-refractivity contribution is 0.0693. The van der Waals surface area contributed by atoms with E-state index in [1.807, 2.05) is 19.9 Å². The van der Waals surface area contributed by atoms with E-state index >= 15 is 0 Å². The summed E-state index contributed by atoms with van der Waals surface area (Å²) in [5, 5.41) is 22.6. The van der Waals surface area contributed by atoms with Crippen molar-refractivity contribution in [1.82, 2.24) is 9.78 Å². The first-order valence-corrected chi connectivity index (χ1v) is 5.09. The van der Waals surface area contributed by atoms with Crippen molar-refractivity contribution >= 4 is 5.97 Å². The van der Waals surface area contributed by atoms with E-state index in [2.05, 4.69) is 5.10 Å². The molecule has 2 aromatic rings. The van der Waals surface area contributed by atoms with Gasteiger partial charge < -0.3 is 10.2 Å². The number of aromatic carboxylic acids is 1. The molecule has 0 aliphatic heterocycles. The molecule has 0 bridgehead atoms. The minimum atomic E-state index is -1.16. The Balaban J connectivity index is 2.57. The average molecular weight is 232 g/mol. The molecular weight excluding hydrogens is 220 g/mol. The zero-order valence-electron chi connectivity index (χ0n) is 9.51. The molecular formula is C12H12N2O3. The van der Waals surface area contributed by atoms with Gasteiger partial charge in [0.2, 0.25) is 0 Å². The van der Waals surface area contributed by atoms with Gasteiger partial charge in [-0.1, -0.05) is 0 Å². The van der Waals surface area contributed by atoms with Crippen molar-refractivity contribution in [3.63, 3.8) is 0 Å². The number of benzene rings is 1. The molecule has 0 radical (unpaired) electrons. The maximum Gasteiger partial charge on any atom is 0.339 e. The van der Waals surface area contributed by atoms with Crippen LogP contribution >= 0.6 is 0 Å². The van der Waals surface area contributed by atoms with Crippen LogP contribution in [0, 0.1) is 13.8 Å². The molecule has 0 unspecified atom stereocenters. The summed E-state index contributed by atoms with van der Waals surface area (Å²) in [6.07, 6.45) is 0. The molecule has 0 aliphatic carbocycles. The van der Waals surface area contributed by atoms with Crippen molar-refractivity contribution in [2.45, 2.75) is 13.8 Å². The lowest BCUT2D eigenvalue weighted by atomic mass is 10.2. The minimum absolute atomic E-state index is 0.130. The first-order valence-electron chi connectivity index (χ1n) is 5.09. The van der Waals surface area contributed by atoms with Crippen LogP contribution < -0.4 is 0 Å². The highest BCUT2D eigenvalue weighted by atomic mass is 16.4. The van der Waals surface area contributed by atoms with E-state index in [1.165, 1.54) is 12.1 Å². The van der Waals surface area contributed by atoms with Gasteiger partial charge in [-0.05, 0) is 38.1 Å². The van der Waals surface area contributed by atoms with E-state index in [0.29, 0.717) is 5.69 Å². The Bertz CT molecular complexity index is 587. The van der Waals surface area contributed by atoms with Crippen LogP contribution in [-0.4, -0.2) is 26.0 Å². The van der Waals surface area contributed by atoms with Gasteiger partial charge in [-0.3, -0.25) is 0 Å². The van der Waals surface area contributed by atoms with Crippen molar-refractivity contribution in [2.24, 2.45) is 0 Å². The second kappa shape index (κ2) is 3.93. The summed E-state index contributed by atoms with van der Waals surface area (Å²) in [6, 6.07) is 6.28. The summed E-state index contributed by atoms with van der Waals surface area (Å²) >= 11 is 0. The van der Waals surface area contributed by atoms with Gasteiger partial charge in [0.05, 0.1) is 11.4 Å². The largest absolute Gasteiger partial charge is 0.507 e. The number of hydrogen-bond acceptors (Lipinski definition) is 3. The normalized spacial score (nSPS) is 10.5. The zero-order valence-corrected chi connectivity index (χ0v) is 9.51. The fraction of sp³-hybridized carbons (Fsp3) is 0.167. The summed E-state index contributed by atoms with van der Waals surface area (Å²) in [5.74, 6) is -1.41. The van der Waals surface area contributed by atoms with Crippen LogP contribution in [0.3, 0.4) is 0 Å². The van der Waals surface area contributed by atoms with Gasteiger partial charge in [-0.2, -0.15) is 5.10 Å². The van der Waals surface area contributed by atoms with Crippen molar-refractivity contribution in [1.29, 1.82) is 0 Å². The van der Waals surface area contributed by atoms with Gasteiger partial charge in [-0.15, -0.1) is 0 Å². The van der Waals surface area contributed by atoms with Crippen LogP contribution in [0.15, 0.2) is 24.3 Å². The molecule has 5 nitrogen and oxygen atoms in total. The second-order valence-corrected chi connectivity index (χ2v) is 3.85. The summed E-state index contributed by atoms with van der Waals surface area (Å²) in [5.41, 5.74) is 2.25. The Morgan fingerprint density at radius 2 is 2.00 bits per heavy atom. The van der Waals surface area contributed by atoms with E-state index in [9.17, 15) is 9.90 Å². The van der Waals surface area contributed by atoms with Gasteiger partial charge in [0.1, 0.15) is 11.3 Å². The number of aryl methyl sites for hydroxylation is 2. The number of nitrogens with zero attached hydrogens (tertiary/aromatic N) is 2. The molecule has 0 saturated carbocycles. The third-order valence-corrected chi connectivity index (χ3v) is 2.46. The molecule has 1 heterocycles. The Labute approximate surface area is 97.9 Å². The topological polar surface area (TPSA) is 75.4 Å². The van der Waals surface area contributed by atoms with Gasteiger partial charge >= 0.3 is 5.97 Å². The number of carbonyl (C=O) groups is 1. The highest BCUT2D eigenvalue weighted by molar-refractivity contribution is 5.91. The SMILES string of the molecule is Cc1cc(C)n(-c2ccc(O)c(C(=O)O)c2)n1. The molecule has 5 heteroatoms. The standard InChI is InChI=1S/C12H12N2O3/c1-7-5-8(2)14(13-7)9-3-4-11(15)10(6-9)12(16)17/h3-6,15H,1-2H3,(H,16,17). The average Bonchev–Trinajstić information content (AvgIpc) is 2.58. The molecule has 17 heavy (non-hydrogen) atoms. The van der Waals surface area contributed by atoms with Crippen LogP contribution in [0.1, 0.15) is 21.7 Å². The molecule has 1 aromatic heterocycles. The molecule has 0 fully saturated rings. The first kappa shape index (κ1) is 11.2. The molecule has 88 valence electrons. The van der Waals surface area contributed by atoms with Gasteiger partial charge in [0, 0.05) is 5.69 Å². The predicted octanol–water partition coefficient (Wildman–Crippen LogP) is 1.89. The maximum absolute atomic E-state index is 10.9. The number of rotatable bonds is 2. The van der Waals surface area contributed by atoms with Crippen LogP contribution in [0.4, 0.5) is 0 Å². The smallest absolute Gasteiger partial charge is 0.339 e. The Morgan fingerprint density at radius 3 is 2.53 bits per heavy atom. The van der Waals surface area contributed by atoms with Crippen molar-refractivity contribution in [3.8, 4) is 11.4 Å². The molecule has 0 saturated heterocycles. The summed E-state index contributed by atoms with van der Waals surface area (Å²) in [4.78, 5) is 10.9. The summed E-state index contributed by atoms with van der Waals surface area (Å²) in [7, 11) is 0. The monoisotopic (exact) mass is 232 g/mol. The Kier molecular flexibility index (Phi) is 2.59. The Hall–Kier alpha value is -2.30. The van der Waals surface area contributed by atoms with Gasteiger partial charge in [0.15, 0.2) is 0 Å². The van der Waals surface area contributed by atoms with E-state index < -0.39 is 5.97 Å². The molecule has 0 atom stereocenters. The molecule has 2 rings (SSSR count). The summed E-state index contributed by atoms with van der Waals surface area (Å²) < 4.78 is 1.64. The highest BCUT2D eigenvalue weighted by Gasteiger charge is 2.12. The number of hydrogen-bond donors (Lipinski definition) is 2. The second-order valence-electron chi connectivity index (χ2n) is 3.85. The zero-order chi connectivity index (χ0) is 12.6. The first-order chi connectivity index (χ1) is 7.99. The van der Waals surface area contributed by atoms with Crippen LogP contribution in [-0.2, 0) is 0 Å². The lowest BCUT2D eigenvalue weighted by Crippen LogP contribution is -2.03.